The number of thiazole rings is 2. The molecule has 20 heavy (non-hydrogen) atoms. The third-order valence-corrected chi connectivity index (χ3v) is 4.31. The minimum Gasteiger partial charge on any atom is -0.469 e. The number of hydrogen-bond donors (Lipinski definition) is 1. The van der Waals surface area contributed by atoms with Crippen molar-refractivity contribution in [3.05, 3.63) is 26.7 Å². The van der Waals surface area contributed by atoms with Crippen LogP contribution in [-0.2, 0) is 16.0 Å². The zero-order valence-electron chi connectivity index (χ0n) is 11.2. The molecular weight excluding hydrogens is 298 g/mol. The Morgan fingerprint density at radius 1 is 1.35 bits per heavy atom. The van der Waals surface area contributed by atoms with Gasteiger partial charge in [0.05, 0.1) is 29.9 Å². The molecule has 0 spiro atoms. The van der Waals surface area contributed by atoms with Crippen LogP contribution in [0.3, 0.4) is 0 Å². The molecule has 0 fully saturated rings. The van der Waals surface area contributed by atoms with Gasteiger partial charge in [0.1, 0.15) is 4.88 Å². The van der Waals surface area contributed by atoms with Crippen molar-refractivity contribution < 1.29 is 14.3 Å². The van der Waals surface area contributed by atoms with Gasteiger partial charge in [0, 0.05) is 5.38 Å². The van der Waals surface area contributed by atoms with Crippen molar-refractivity contribution in [3.63, 3.8) is 0 Å². The van der Waals surface area contributed by atoms with Crippen molar-refractivity contribution in [3.8, 4) is 0 Å². The zero-order chi connectivity index (χ0) is 14.7. The van der Waals surface area contributed by atoms with Crippen molar-refractivity contribution in [2.75, 3.05) is 12.4 Å². The molecule has 2 aromatic heterocycles. The summed E-state index contributed by atoms with van der Waals surface area (Å²) in [5.41, 5.74) is 1.28. The third kappa shape index (κ3) is 3.40. The summed E-state index contributed by atoms with van der Waals surface area (Å²) >= 11 is 2.61. The number of nitrogens with one attached hydrogen (secondary N) is 1. The molecule has 0 atom stereocenters. The smallest absolute Gasteiger partial charge is 0.311 e. The van der Waals surface area contributed by atoms with Crippen molar-refractivity contribution in [1.29, 1.82) is 0 Å². The van der Waals surface area contributed by atoms with Crippen LogP contribution < -0.4 is 5.32 Å². The molecule has 0 aliphatic carbocycles. The standard InChI is InChI=1S/C12H13N3O3S2/c1-6-10(20-7(2)13-6)11(17)15-12-14-8(5-19-12)4-9(16)18-3/h5H,4H2,1-3H3,(H,14,15,17). The van der Waals surface area contributed by atoms with E-state index in [0.29, 0.717) is 21.4 Å². The lowest BCUT2D eigenvalue weighted by Gasteiger charge is -1.99. The van der Waals surface area contributed by atoms with Crippen molar-refractivity contribution >= 4 is 39.7 Å². The molecule has 2 heterocycles. The summed E-state index contributed by atoms with van der Waals surface area (Å²) in [6.45, 7) is 3.65. The molecule has 106 valence electrons. The lowest BCUT2D eigenvalue weighted by molar-refractivity contribution is -0.139. The first-order chi connectivity index (χ1) is 9.49. The Kier molecular flexibility index (Phi) is 4.46. The number of amides is 1. The number of nitrogens with zero attached hydrogens (tertiary/aromatic N) is 2. The molecule has 0 aliphatic heterocycles. The Hall–Kier alpha value is -1.80. The third-order valence-electron chi connectivity index (χ3n) is 2.44. The van der Waals surface area contributed by atoms with Gasteiger partial charge in [0.2, 0.25) is 0 Å². The van der Waals surface area contributed by atoms with Gasteiger partial charge >= 0.3 is 5.97 Å². The summed E-state index contributed by atoms with van der Waals surface area (Å²) in [5, 5.41) is 5.73. The first-order valence-corrected chi connectivity index (χ1v) is 7.46. The molecule has 1 amide bonds. The average molecular weight is 311 g/mol. The highest BCUT2D eigenvalue weighted by atomic mass is 32.1. The van der Waals surface area contributed by atoms with E-state index >= 15 is 0 Å². The summed E-state index contributed by atoms with van der Waals surface area (Å²) in [6, 6.07) is 0. The van der Waals surface area contributed by atoms with Gasteiger partial charge in [0.15, 0.2) is 5.13 Å². The Morgan fingerprint density at radius 2 is 2.10 bits per heavy atom. The van der Waals surface area contributed by atoms with E-state index in [9.17, 15) is 9.59 Å². The zero-order valence-corrected chi connectivity index (χ0v) is 12.9. The number of anilines is 1. The van der Waals surface area contributed by atoms with E-state index in [1.54, 1.807) is 12.3 Å². The van der Waals surface area contributed by atoms with E-state index in [1.165, 1.54) is 29.8 Å². The van der Waals surface area contributed by atoms with Crippen LogP contribution in [0.1, 0.15) is 26.1 Å². The van der Waals surface area contributed by atoms with Gasteiger partial charge < -0.3 is 4.74 Å². The van der Waals surface area contributed by atoms with Gasteiger partial charge in [-0.15, -0.1) is 22.7 Å². The molecule has 0 unspecified atom stereocenters. The number of ether oxygens (including phenoxy) is 1. The highest BCUT2D eigenvalue weighted by Crippen LogP contribution is 2.21. The number of carbonyl (C=O) groups excluding carboxylic acids is 2. The summed E-state index contributed by atoms with van der Waals surface area (Å²) < 4.78 is 4.56. The van der Waals surface area contributed by atoms with Crippen molar-refractivity contribution in [1.82, 2.24) is 9.97 Å². The number of hydrogen-bond acceptors (Lipinski definition) is 7. The van der Waals surface area contributed by atoms with E-state index in [2.05, 4.69) is 20.0 Å². The molecule has 0 saturated heterocycles. The van der Waals surface area contributed by atoms with Crippen LogP contribution in [0.4, 0.5) is 5.13 Å². The Morgan fingerprint density at radius 3 is 2.70 bits per heavy atom. The maximum atomic E-state index is 12.1. The van der Waals surface area contributed by atoms with Crippen LogP contribution in [0.2, 0.25) is 0 Å². The van der Waals surface area contributed by atoms with Crippen LogP contribution in [0.25, 0.3) is 0 Å². The molecular formula is C12H13N3O3S2. The highest BCUT2D eigenvalue weighted by Gasteiger charge is 2.16. The second-order valence-electron chi connectivity index (χ2n) is 4.00. The number of methoxy groups -OCH3 is 1. The fraction of sp³-hybridized carbons (Fsp3) is 0.333. The quantitative estimate of drug-likeness (QED) is 0.875. The summed E-state index contributed by atoms with van der Waals surface area (Å²) in [5.74, 6) is -0.589. The number of rotatable bonds is 4. The first-order valence-electron chi connectivity index (χ1n) is 5.76. The first kappa shape index (κ1) is 14.6. The van der Waals surface area contributed by atoms with Gasteiger partial charge in [-0.1, -0.05) is 0 Å². The SMILES string of the molecule is COC(=O)Cc1csc(NC(=O)c2sc(C)nc2C)n1. The fourth-order valence-electron chi connectivity index (χ4n) is 1.56. The fourth-order valence-corrected chi connectivity index (χ4v) is 3.08. The van der Waals surface area contributed by atoms with Crippen LogP contribution in [0.15, 0.2) is 5.38 Å². The van der Waals surface area contributed by atoms with Crippen LogP contribution in [0.5, 0.6) is 0 Å². The molecule has 8 heteroatoms. The number of carbonyl (C=O) groups is 2. The molecule has 0 saturated carbocycles. The van der Waals surface area contributed by atoms with Gasteiger partial charge in [0.25, 0.3) is 5.91 Å². The largest absolute Gasteiger partial charge is 0.469 e. The minimum absolute atomic E-state index is 0.0988. The number of aromatic nitrogens is 2. The normalized spacial score (nSPS) is 10.3. The van der Waals surface area contributed by atoms with Crippen LogP contribution in [0, 0.1) is 13.8 Å². The summed E-state index contributed by atoms with van der Waals surface area (Å²) in [6.07, 6.45) is 0.0988. The van der Waals surface area contributed by atoms with E-state index in [0.717, 1.165) is 5.01 Å². The van der Waals surface area contributed by atoms with Crippen LogP contribution >= 0.6 is 22.7 Å². The average Bonchev–Trinajstić information content (AvgIpc) is 2.95. The second-order valence-corrected chi connectivity index (χ2v) is 6.06. The molecule has 2 rings (SSSR count). The van der Waals surface area contributed by atoms with E-state index in [1.807, 2.05) is 6.92 Å². The van der Waals surface area contributed by atoms with Crippen molar-refractivity contribution in [2.45, 2.75) is 20.3 Å². The lowest BCUT2D eigenvalue weighted by Crippen LogP contribution is -2.11. The monoisotopic (exact) mass is 311 g/mol. The summed E-state index contributed by atoms with van der Waals surface area (Å²) in [7, 11) is 1.33. The molecule has 0 radical (unpaired) electrons. The van der Waals surface area contributed by atoms with Gasteiger partial charge in [-0.2, -0.15) is 0 Å². The van der Waals surface area contributed by atoms with E-state index in [4.69, 9.17) is 0 Å². The van der Waals surface area contributed by atoms with Gasteiger partial charge in [-0.3, -0.25) is 14.9 Å². The Bertz CT molecular complexity index is 648. The number of esters is 1. The van der Waals surface area contributed by atoms with Crippen LogP contribution in [-0.4, -0.2) is 29.0 Å². The topological polar surface area (TPSA) is 81.2 Å². The predicted molar refractivity (Wildman–Crippen MR) is 77.4 cm³/mol. The highest BCUT2D eigenvalue weighted by molar-refractivity contribution is 7.15. The molecule has 2 aromatic rings. The molecule has 0 bridgehead atoms. The molecule has 0 aliphatic rings. The predicted octanol–water partition coefficient (Wildman–Crippen LogP) is 2.18. The summed E-state index contributed by atoms with van der Waals surface area (Å²) in [4.78, 5) is 32.2. The molecule has 0 aromatic carbocycles. The molecule has 1 N–H and O–H groups in total. The minimum atomic E-state index is -0.359. The Balaban J connectivity index is 2.05. The second kappa shape index (κ2) is 6.10. The van der Waals surface area contributed by atoms with E-state index < -0.39 is 0 Å². The van der Waals surface area contributed by atoms with E-state index in [-0.39, 0.29) is 18.3 Å². The number of aryl methyl sites for hydroxylation is 2. The lowest BCUT2D eigenvalue weighted by atomic mass is 10.3. The maximum Gasteiger partial charge on any atom is 0.311 e. The maximum absolute atomic E-state index is 12.1. The van der Waals surface area contributed by atoms with Crippen molar-refractivity contribution in [2.24, 2.45) is 0 Å². The Labute approximate surface area is 123 Å². The van der Waals surface area contributed by atoms with Gasteiger partial charge in [-0.25, -0.2) is 9.97 Å². The molecule has 6 nitrogen and oxygen atoms in total. The van der Waals surface area contributed by atoms with Gasteiger partial charge in [-0.05, 0) is 13.8 Å².